The summed E-state index contributed by atoms with van der Waals surface area (Å²) in [5, 5.41) is 2.87. The van der Waals surface area contributed by atoms with Gasteiger partial charge in [-0.25, -0.2) is 0 Å². The van der Waals surface area contributed by atoms with Crippen LogP contribution in [0.3, 0.4) is 0 Å². The van der Waals surface area contributed by atoms with Gasteiger partial charge in [0.05, 0.1) is 6.54 Å². The smallest absolute Gasteiger partial charge is 0.255 e. The van der Waals surface area contributed by atoms with Crippen molar-refractivity contribution in [3.8, 4) is 0 Å². The van der Waals surface area contributed by atoms with Crippen LogP contribution in [0.2, 0.25) is 0 Å². The third-order valence-corrected chi connectivity index (χ3v) is 3.34. The molecule has 2 unspecified atom stereocenters. The number of ether oxygens (including phenoxy) is 2. The topological polar surface area (TPSA) is 51.1 Å². The predicted octanol–water partition coefficient (Wildman–Crippen LogP) is 2.15. The van der Waals surface area contributed by atoms with Crippen molar-refractivity contribution in [3.63, 3.8) is 0 Å². The van der Waals surface area contributed by atoms with Gasteiger partial charge in [-0.05, 0) is 19.3 Å². The Labute approximate surface area is 116 Å². The lowest BCUT2D eigenvalue weighted by Gasteiger charge is -2.11. The fourth-order valence-electron chi connectivity index (χ4n) is 2.28. The fraction of sp³-hybridized carbons (Fsp3) is 0.800. The van der Waals surface area contributed by atoms with Crippen LogP contribution < -0.4 is 5.32 Å². The molecule has 1 heterocycles. The highest BCUT2D eigenvalue weighted by Crippen LogP contribution is 2.16. The number of nitrogens with one attached hydrogen (secondary N) is 1. The molecule has 2 atom stereocenters. The minimum atomic E-state index is -0.0179. The average Bonchev–Trinajstić information content (AvgIpc) is 2.86. The number of hydrogen-bond acceptors (Lipinski definition) is 2. The maximum absolute atomic E-state index is 11.7. The highest BCUT2D eigenvalue weighted by molar-refractivity contribution is 5.88. The molecule has 0 aliphatic carbocycles. The lowest BCUT2D eigenvalue weighted by molar-refractivity contribution is -0.117. The second-order valence-corrected chi connectivity index (χ2v) is 5.51. The number of hydrogen-bond donors (Lipinski definition) is 1. The van der Waals surface area contributed by atoms with Crippen molar-refractivity contribution in [1.82, 2.24) is 5.32 Å². The molecule has 1 fully saturated rings. The summed E-state index contributed by atoms with van der Waals surface area (Å²) < 4.78 is 9.40. The Kier molecular flexibility index (Phi) is 7.75. The molecule has 1 amide bonds. The summed E-state index contributed by atoms with van der Waals surface area (Å²) in [4.78, 5) is 11.7. The van der Waals surface area contributed by atoms with Gasteiger partial charge in [-0.2, -0.15) is 0 Å². The van der Waals surface area contributed by atoms with Crippen molar-refractivity contribution < 1.29 is 14.3 Å². The Morgan fingerprint density at radius 2 is 2.37 bits per heavy atom. The second kappa shape index (κ2) is 9.10. The van der Waals surface area contributed by atoms with Crippen LogP contribution in [0.5, 0.6) is 0 Å². The quantitative estimate of drug-likeness (QED) is 0.543. The first-order valence-electron chi connectivity index (χ1n) is 7.31. The number of unbranched alkanes of at least 4 members (excludes halogenated alkanes) is 1. The van der Waals surface area contributed by atoms with E-state index in [1.807, 2.05) is 6.92 Å². The zero-order valence-corrected chi connectivity index (χ0v) is 12.4. The molecule has 110 valence electrons. The van der Waals surface area contributed by atoms with E-state index < -0.39 is 0 Å². The van der Waals surface area contributed by atoms with E-state index in [0.717, 1.165) is 12.0 Å². The van der Waals surface area contributed by atoms with E-state index in [9.17, 15) is 4.79 Å². The van der Waals surface area contributed by atoms with Crippen LogP contribution in [0.1, 0.15) is 46.5 Å². The number of aliphatic hydroxyl groups is 2. The van der Waals surface area contributed by atoms with Crippen LogP contribution in [-0.2, 0) is 9.53 Å². The molecule has 1 aliphatic heterocycles. The van der Waals surface area contributed by atoms with E-state index in [4.69, 9.17) is 4.74 Å². The van der Waals surface area contributed by atoms with Crippen LogP contribution in [0, 0.1) is 5.92 Å². The summed E-state index contributed by atoms with van der Waals surface area (Å²) in [5.41, 5.74) is 1.15. The van der Waals surface area contributed by atoms with E-state index in [1.165, 1.54) is 19.3 Å². The predicted molar refractivity (Wildman–Crippen MR) is 76.9 cm³/mol. The number of carbonyl (C=O) groups is 1. The maximum atomic E-state index is 11.7. The van der Waals surface area contributed by atoms with Gasteiger partial charge < -0.3 is 14.8 Å². The Balaban J connectivity index is 2.21. The summed E-state index contributed by atoms with van der Waals surface area (Å²) in [6.45, 7) is 8.20. The second-order valence-electron chi connectivity index (χ2n) is 5.51. The zero-order valence-electron chi connectivity index (χ0n) is 12.4. The Hall–Kier alpha value is -0.870. The molecule has 1 saturated heterocycles. The molecule has 19 heavy (non-hydrogen) atoms. The molecule has 4 nitrogen and oxygen atoms in total. The molecule has 0 aromatic carbocycles. The van der Waals surface area contributed by atoms with Gasteiger partial charge in [-0.15, -0.1) is 0 Å². The van der Waals surface area contributed by atoms with Crippen molar-refractivity contribution in [2.24, 2.45) is 5.92 Å². The highest BCUT2D eigenvalue weighted by Gasteiger charge is 2.20. The van der Waals surface area contributed by atoms with Gasteiger partial charge in [0.15, 0.2) is 12.7 Å². The van der Waals surface area contributed by atoms with E-state index in [0.29, 0.717) is 25.9 Å². The third-order valence-electron chi connectivity index (χ3n) is 3.34. The third kappa shape index (κ3) is 7.33. The molecule has 0 radical (unpaired) electrons. The summed E-state index contributed by atoms with van der Waals surface area (Å²) in [5.74, 6) is 0.636. The van der Waals surface area contributed by atoms with E-state index >= 15 is 0 Å². The lowest BCUT2D eigenvalue weighted by atomic mass is 9.96. The lowest BCUT2D eigenvalue weighted by Crippen LogP contribution is -2.32. The van der Waals surface area contributed by atoms with Gasteiger partial charge in [-0.3, -0.25) is 4.79 Å². The van der Waals surface area contributed by atoms with Crippen LogP contribution in [0.15, 0.2) is 11.6 Å². The van der Waals surface area contributed by atoms with E-state index in [2.05, 4.69) is 23.9 Å². The number of amides is 1. The van der Waals surface area contributed by atoms with Crippen molar-refractivity contribution in [2.75, 3.05) is 19.9 Å². The maximum Gasteiger partial charge on any atom is 0.255 e. The molecule has 0 saturated carbocycles. The first-order chi connectivity index (χ1) is 9.11. The van der Waals surface area contributed by atoms with E-state index in [1.54, 1.807) is 6.08 Å². The number of carbonyl (C=O) groups excluding carboxylic acids is 1. The Morgan fingerprint density at radius 1 is 1.58 bits per heavy atom. The number of rotatable bonds is 8. The van der Waals surface area contributed by atoms with Gasteiger partial charge in [0.1, 0.15) is 0 Å². The van der Waals surface area contributed by atoms with Gasteiger partial charge in [0, 0.05) is 6.08 Å². The Bertz CT molecular complexity index is 296. The zero-order chi connectivity index (χ0) is 14.1. The molecule has 4 heteroatoms. The van der Waals surface area contributed by atoms with Crippen molar-refractivity contribution in [2.45, 2.75) is 52.6 Å². The minimum absolute atomic E-state index is 0.0179. The molecule has 2 N–H and O–H groups in total. The van der Waals surface area contributed by atoms with E-state index in [-0.39, 0.29) is 12.0 Å². The summed E-state index contributed by atoms with van der Waals surface area (Å²) in [6.07, 6.45) is 6.52. The number of allylic oxidation sites excluding steroid dienone is 1. The highest BCUT2D eigenvalue weighted by atomic mass is 16.7. The summed E-state index contributed by atoms with van der Waals surface area (Å²) >= 11 is 0. The SMILES string of the molecule is CCCCC(C)C/C(C)=C/C(=O)NCC1C[OH+]CO1. The summed E-state index contributed by atoms with van der Waals surface area (Å²) in [6, 6.07) is 0. The minimum Gasteiger partial charge on any atom is -0.410 e. The first-order valence-corrected chi connectivity index (χ1v) is 7.31. The standard InChI is InChI=1S/C15H27NO3/c1-4-5-6-12(2)7-13(3)8-15(17)16-9-14-10-18-11-19-14/h8,12,14H,4-7,9-11H2,1-3H3,(H,16,17)/p+1/b13-8+. The molecular formula is C15H28NO3+. The Morgan fingerprint density at radius 3 is 3.00 bits per heavy atom. The molecule has 0 bridgehead atoms. The van der Waals surface area contributed by atoms with Gasteiger partial charge in [0.2, 0.25) is 5.91 Å². The molecule has 0 aromatic rings. The van der Waals surface area contributed by atoms with Gasteiger partial charge in [0.25, 0.3) is 6.79 Å². The summed E-state index contributed by atoms with van der Waals surface area (Å²) in [7, 11) is 0. The monoisotopic (exact) mass is 270 g/mol. The fourth-order valence-corrected chi connectivity index (χ4v) is 2.28. The van der Waals surface area contributed by atoms with Gasteiger partial charge in [-0.1, -0.05) is 38.7 Å². The van der Waals surface area contributed by atoms with Crippen molar-refractivity contribution >= 4 is 5.91 Å². The molecule has 0 spiro atoms. The van der Waals surface area contributed by atoms with Crippen LogP contribution in [0.25, 0.3) is 0 Å². The molecule has 0 aromatic heterocycles. The van der Waals surface area contributed by atoms with Crippen LogP contribution >= 0.6 is 0 Å². The van der Waals surface area contributed by atoms with Crippen molar-refractivity contribution in [1.29, 1.82) is 0 Å². The van der Waals surface area contributed by atoms with Crippen LogP contribution in [-0.4, -0.2) is 36.7 Å². The first kappa shape index (κ1) is 16.2. The molecule has 1 aliphatic rings. The van der Waals surface area contributed by atoms with Gasteiger partial charge >= 0.3 is 0 Å². The molecule has 1 rings (SSSR count). The van der Waals surface area contributed by atoms with Crippen LogP contribution in [0.4, 0.5) is 0 Å². The average molecular weight is 270 g/mol. The largest absolute Gasteiger partial charge is 0.410 e. The molecular weight excluding hydrogens is 242 g/mol. The normalized spacial score (nSPS) is 21.4. The van der Waals surface area contributed by atoms with Crippen molar-refractivity contribution in [3.05, 3.63) is 11.6 Å².